The molecule has 1 aliphatic heterocycles. The van der Waals surface area contributed by atoms with E-state index in [1.807, 2.05) is 4.90 Å². The molecule has 1 unspecified atom stereocenters. The quantitative estimate of drug-likeness (QED) is 0.557. The van der Waals surface area contributed by atoms with E-state index in [0.717, 1.165) is 19.4 Å². The summed E-state index contributed by atoms with van der Waals surface area (Å²) in [6.45, 7) is 8.65. The molecule has 1 aliphatic rings. The molecule has 86 valence electrons. The summed E-state index contributed by atoms with van der Waals surface area (Å²) >= 11 is 0. The van der Waals surface area contributed by atoms with Crippen molar-refractivity contribution in [2.24, 2.45) is 0 Å². The van der Waals surface area contributed by atoms with E-state index in [9.17, 15) is 9.90 Å². The summed E-state index contributed by atoms with van der Waals surface area (Å²) in [5.41, 5.74) is -0.335. The van der Waals surface area contributed by atoms with Gasteiger partial charge in [-0.15, -0.1) is 0 Å². The molecule has 15 heavy (non-hydrogen) atoms. The molecule has 0 aromatic rings. The first-order valence-electron chi connectivity index (χ1n) is 5.23. The predicted octanol–water partition coefficient (Wildman–Crippen LogP) is 0.910. The molecule has 0 aromatic heterocycles. The molecule has 1 saturated heterocycles. The fourth-order valence-corrected chi connectivity index (χ4v) is 1.73. The van der Waals surface area contributed by atoms with Crippen molar-refractivity contribution in [2.75, 3.05) is 19.7 Å². The molecule has 0 bridgehead atoms. The minimum absolute atomic E-state index is 0.307. The van der Waals surface area contributed by atoms with Gasteiger partial charge in [-0.2, -0.15) is 0 Å². The third-order valence-electron chi connectivity index (χ3n) is 2.70. The average molecular weight is 213 g/mol. The summed E-state index contributed by atoms with van der Waals surface area (Å²) in [5.74, 6) is -0.367. The summed E-state index contributed by atoms with van der Waals surface area (Å²) in [6, 6.07) is 0. The average Bonchev–Trinajstić information content (AvgIpc) is 2.45. The van der Waals surface area contributed by atoms with Crippen LogP contribution in [0, 0.1) is 0 Å². The van der Waals surface area contributed by atoms with Gasteiger partial charge in [-0.1, -0.05) is 6.58 Å². The van der Waals surface area contributed by atoms with E-state index in [1.54, 1.807) is 13.8 Å². The summed E-state index contributed by atoms with van der Waals surface area (Å²) in [4.78, 5) is 13.0. The van der Waals surface area contributed by atoms with Crippen molar-refractivity contribution in [1.82, 2.24) is 4.90 Å². The molecule has 4 nitrogen and oxygen atoms in total. The van der Waals surface area contributed by atoms with Crippen LogP contribution >= 0.6 is 0 Å². The first-order chi connectivity index (χ1) is 6.93. The molecule has 4 heteroatoms. The van der Waals surface area contributed by atoms with Crippen LogP contribution in [0.1, 0.15) is 26.7 Å². The van der Waals surface area contributed by atoms with Gasteiger partial charge in [-0.3, -0.25) is 4.90 Å². The summed E-state index contributed by atoms with van der Waals surface area (Å²) < 4.78 is 4.97. The van der Waals surface area contributed by atoms with Gasteiger partial charge in [0.1, 0.15) is 12.3 Å². The van der Waals surface area contributed by atoms with Crippen molar-refractivity contribution in [2.45, 2.75) is 32.4 Å². The monoisotopic (exact) mass is 213 g/mol. The molecule has 0 radical (unpaired) electrons. The topological polar surface area (TPSA) is 49.8 Å². The van der Waals surface area contributed by atoms with Crippen LogP contribution < -0.4 is 0 Å². The number of carbonyl (C=O) groups excluding carboxylic acids is 1. The van der Waals surface area contributed by atoms with E-state index >= 15 is 0 Å². The fraction of sp³-hybridized carbons (Fsp3) is 0.727. The van der Waals surface area contributed by atoms with Gasteiger partial charge < -0.3 is 9.84 Å². The molecule has 1 N–H and O–H groups in total. The van der Waals surface area contributed by atoms with Gasteiger partial charge in [0, 0.05) is 18.7 Å². The second-order valence-electron chi connectivity index (χ2n) is 4.22. The lowest BCUT2D eigenvalue weighted by Gasteiger charge is -2.29. The zero-order chi connectivity index (χ0) is 11.5. The Labute approximate surface area is 90.5 Å². The van der Waals surface area contributed by atoms with Crippen LogP contribution in [0.5, 0.6) is 0 Å². The smallest absolute Gasteiger partial charge is 0.333 e. The Morgan fingerprint density at radius 2 is 2.33 bits per heavy atom. The first kappa shape index (κ1) is 12.2. The Morgan fingerprint density at radius 1 is 1.67 bits per heavy atom. The van der Waals surface area contributed by atoms with Gasteiger partial charge in [0.2, 0.25) is 0 Å². The third kappa shape index (κ3) is 3.32. The van der Waals surface area contributed by atoms with Crippen molar-refractivity contribution < 1.29 is 14.6 Å². The molecule has 0 aliphatic carbocycles. The molecular formula is C11H19NO3. The fourth-order valence-electron chi connectivity index (χ4n) is 1.73. The van der Waals surface area contributed by atoms with Gasteiger partial charge in [-0.25, -0.2) is 4.79 Å². The van der Waals surface area contributed by atoms with E-state index in [0.29, 0.717) is 18.7 Å². The number of carbonyl (C=O) groups is 1. The first-order valence-corrected chi connectivity index (χ1v) is 5.23. The maximum atomic E-state index is 11.1. The van der Waals surface area contributed by atoms with E-state index in [2.05, 4.69) is 6.58 Å². The van der Waals surface area contributed by atoms with Gasteiger partial charge in [0.15, 0.2) is 0 Å². The Balaban J connectivity index is 2.26. The number of hydrogen-bond acceptors (Lipinski definition) is 4. The zero-order valence-electron chi connectivity index (χ0n) is 9.45. The molecule has 1 fully saturated rings. The highest BCUT2D eigenvalue weighted by molar-refractivity contribution is 5.86. The standard InChI is InChI=1S/C11H19NO3/c1-9(2)10(13)15-8-7-12-6-4-5-11(12,3)14/h14H,1,4-8H2,2-3H3. The molecule has 0 saturated carbocycles. The molecule has 0 aromatic carbocycles. The molecular weight excluding hydrogens is 194 g/mol. The number of likely N-dealkylation sites (tertiary alicyclic amines) is 1. The normalized spacial score (nSPS) is 26.6. The number of aliphatic hydroxyl groups is 1. The van der Waals surface area contributed by atoms with Crippen molar-refractivity contribution >= 4 is 5.97 Å². The van der Waals surface area contributed by atoms with E-state index in [-0.39, 0.29) is 5.97 Å². The minimum Gasteiger partial charge on any atom is -0.461 e. The Kier molecular flexibility index (Phi) is 3.88. The van der Waals surface area contributed by atoms with Gasteiger partial charge >= 0.3 is 5.97 Å². The van der Waals surface area contributed by atoms with Crippen LogP contribution in [0.15, 0.2) is 12.2 Å². The van der Waals surface area contributed by atoms with Crippen LogP contribution in [-0.4, -0.2) is 41.4 Å². The summed E-state index contributed by atoms with van der Waals surface area (Å²) in [6.07, 6.45) is 1.77. The van der Waals surface area contributed by atoms with Crippen LogP contribution in [0.25, 0.3) is 0 Å². The van der Waals surface area contributed by atoms with Crippen molar-refractivity contribution in [3.63, 3.8) is 0 Å². The van der Waals surface area contributed by atoms with Crippen molar-refractivity contribution in [3.8, 4) is 0 Å². The largest absolute Gasteiger partial charge is 0.461 e. The van der Waals surface area contributed by atoms with E-state index in [1.165, 1.54) is 0 Å². The highest BCUT2D eigenvalue weighted by atomic mass is 16.5. The molecule has 1 rings (SSSR count). The van der Waals surface area contributed by atoms with Crippen molar-refractivity contribution in [3.05, 3.63) is 12.2 Å². The van der Waals surface area contributed by atoms with Gasteiger partial charge in [0.05, 0.1) is 0 Å². The van der Waals surface area contributed by atoms with Crippen LogP contribution in [-0.2, 0) is 9.53 Å². The third-order valence-corrected chi connectivity index (χ3v) is 2.70. The number of ether oxygens (including phenoxy) is 1. The summed E-state index contributed by atoms with van der Waals surface area (Å²) in [5, 5.41) is 9.90. The van der Waals surface area contributed by atoms with E-state index in [4.69, 9.17) is 4.74 Å². The Morgan fingerprint density at radius 3 is 2.80 bits per heavy atom. The van der Waals surface area contributed by atoms with Crippen LogP contribution in [0.4, 0.5) is 0 Å². The number of nitrogens with zero attached hydrogens (tertiary/aromatic N) is 1. The molecule has 1 heterocycles. The van der Waals surface area contributed by atoms with Gasteiger partial charge in [0.25, 0.3) is 0 Å². The number of esters is 1. The van der Waals surface area contributed by atoms with Gasteiger partial charge in [-0.05, 0) is 26.7 Å². The SMILES string of the molecule is C=C(C)C(=O)OCCN1CCCC1(C)O. The second-order valence-corrected chi connectivity index (χ2v) is 4.22. The Hall–Kier alpha value is -0.870. The lowest BCUT2D eigenvalue weighted by molar-refractivity contribution is -0.141. The minimum atomic E-state index is -0.740. The lowest BCUT2D eigenvalue weighted by Crippen LogP contribution is -2.42. The maximum Gasteiger partial charge on any atom is 0.333 e. The lowest BCUT2D eigenvalue weighted by atomic mass is 10.2. The number of hydrogen-bond donors (Lipinski definition) is 1. The van der Waals surface area contributed by atoms with Crippen molar-refractivity contribution in [1.29, 1.82) is 0 Å². The van der Waals surface area contributed by atoms with E-state index < -0.39 is 5.72 Å². The Bertz CT molecular complexity index is 261. The highest BCUT2D eigenvalue weighted by Gasteiger charge is 2.33. The number of rotatable bonds is 4. The molecule has 0 spiro atoms. The highest BCUT2D eigenvalue weighted by Crippen LogP contribution is 2.25. The predicted molar refractivity (Wildman–Crippen MR) is 57.2 cm³/mol. The van der Waals surface area contributed by atoms with Crippen LogP contribution in [0.3, 0.4) is 0 Å². The second kappa shape index (κ2) is 4.77. The molecule has 0 amide bonds. The zero-order valence-corrected chi connectivity index (χ0v) is 9.45. The summed E-state index contributed by atoms with van der Waals surface area (Å²) in [7, 11) is 0. The van der Waals surface area contributed by atoms with Crippen LogP contribution in [0.2, 0.25) is 0 Å². The molecule has 1 atom stereocenters. The maximum absolute atomic E-state index is 11.1.